The summed E-state index contributed by atoms with van der Waals surface area (Å²) in [6.45, 7) is 12.1. The van der Waals surface area contributed by atoms with Gasteiger partial charge < -0.3 is 26.5 Å². The second kappa shape index (κ2) is 35.7. The summed E-state index contributed by atoms with van der Waals surface area (Å²) in [6.07, 6.45) is 19.8. The summed E-state index contributed by atoms with van der Waals surface area (Å²) in [5.41, 5.74) is 11.2. The molecule has 0 saturated carbocycles. The van der Waals surface area contributed by atoms with Gasteiger partial charge in [-0.2, -0.15) is 0 Å². The smallest absolute Gasteiger partial charge is 0.115 e. The largest absolute Gasteiger partial charge is 0.508 e. The molecule has 6 N–H and O–H groups in total. The predicted octanol–water partition coefficient (Wildman–Crippen LogP) is 6.41. The van der Waals surface area contributed by atoms with Gasteiger partial charge in [-0.3, -0.25) is 4.90 Å². The van der Waals surface area contributed by atoms with Crippen LogP contribution in [0.3, 0.4) is 0 Å². The molecule has 36 heavy (non-hydrogen) atoms. The molecule has 0 aliphatic carbocycles. The number of phenolic OH excluding ortho intramolecular Hbond substituents is 1. The van der Waals surface area contributed by atoms with Gasteiger partial charge >= 0.3 is 0 Å². The molecule has 0 atom stereocenters. The van der Waals surface area contributed by atoms with E-state index in [4.69, 9.17) is 21.4 Å². The number of carbonyl (C=O) groups is 1. The van der Waals surface area contributed by atoms with Crippen LogP contribution in [0.1, 0.15) is 116 Å². The van der Waals surface area contributed by atoms with Gasteiger partial charge in [0.15, 0.2) is 0 Å². The first kappa shape index (κ1) is 39.0. The van der Waals surface area contributed by atoms with E-state index in [0.717, 1.165) is 19.5 Å². The van der Waals surface area contributed by atoms with Crippen LogP contribution in [0.5, 0.6) is 5.75 Å². The Morgan fingerprint density at radius 2 is 1.06 bits per heavy atom. The first-order chi connectivity index (χ1) is 17.6. The molecule has 214 valence electrons. The SMILES string of the molecule is C=O.CCCCCCCCCCCCc1ccc(O)cc1.CCCCN(CO)CCCC.NCCN. The van der Waals surface area contributed by atoms with E-state index in [1.807, 2.05) is 18.9 Å². The van der Waals surface area contributed by atoms with Crippen molar-refractivity contribution in [1.29, 1.82) is 0 Å². The van der Waals surface area contributed by atoms with Crippen LogP contribution in [-0.4, -0.2) is 54.8 Å². The topological polar surface area (TPSA) is 113 Å². The molecule has 6 nitrogen and oxygen atoms in total. The molecule has 0 radical (unpaired) electrons. The van der Waals surface area contributed by atoms with Crippen molar-refractivity contribution >= 4 is 6.79 Å². The number of aliphatic hydroxyl groups is 1. The molecule has 1 rings (SSSR count). The van der Waals surface area contributed by atoms with Gasteiger partial charge in [0.25, 0.3) is 0 Å². The zero-order chi connectivity index (χ0) is 27.7. The lowest BCUT2D eigenvalue weighted by atomic mass is 10.0. The van der Waals surface area contributed by atoms with Crippen LogP contribution in [0.4, 0.5) is 0 Å². The molecule has 0 unspecified atom stereocenters. The zero-order valence-corrected chi connectivity index (χ0v) is 24.1. The lowest BCUT2D eigenvalue weighted by Crippen LogP contribution is -2.26. The summed E-state index contributed by atoms with van der Waals surface area (Å²) in [5, 5.41) is 18.1. The number of nitrogens with two attached hydrogens (primary N) is 2. The fourth-order valence-electron chi connectivity index (χ4n) is 3.50. The van der Waals surface area contributed by atoms with Crippen molar-refractivity contribution in [1.82, 2.24) is 4.90 Å². The number of nitrogens with zero attached hydrogens (tertiary/aromatic N) is 1. The Balaban J connectivity index is -0.000000541. The molecule has 6 heteroatoms. The molecule has 0 spiro atoms. The summed E-state index contributed by atoms with van der Waals surface area (Å²) in [4.78, 5) is 10.1. The lowest BCUT2D eigenvalue weighted by Gasteiger charge is -2.18. The Morgan fingerprint density at radius 3 is 1.42 bits per heavy atom. The second-order valence-corrected chi connectivity index (χ2v) is 9.14. The van der Waals surface area contributed by atoms with E-state index in [0.29, 0.717) is 18.8 Å². The normalized spacial score (nSPS) is 9.97. The van der Waals surface area contributed by atoms with Crippen molar-refractivity contribution in [3.8, 4) is 5.75 Å². The van der Waals surface area contributed by atoms with Gasteiger partial charge in [0.2, 0.25) is 0 Å². The maximum Gasteiger partial charge on any atom is 0.115 e. The van der Waals surface area contributed by atoms with Crippen molar-refractivity contribution in [2.45, 2.75) is 117 Å². The summed E-state index contributed by atoms with van der Waals surface area (Å²) in [6, 6.07) is 7.63. The minimum Gasteiger partial charge on any atom is -0.508 e. The van der Waals surface area contributed by atoms with E-state index >= 15 is 0 Å². The van der Waals surface area contributed by atoms with Crippen molar-refractivity contribution in [2.75, 3.05) is 32.9 Å². The average molecular weight is 512 g/mol. The number of rotatable bonds is 19. The Kier molecular flexibility index (Phi) is 38.7. The summed E-state index contributed by atoms with van der Waals surface area (Å²) in [7, 11) is 0. The average Bonchev–Trinajstić information content (AvgIpc) is 2.92. The van der Waals surface area contributed by atoms with Gasteiger partial charge in [-0.25, -0.2) is 0 Å². The number of benzene rings is 1. The Morgan fingerprint density at radius 1 is 0.667 bits per heavy atom. The molecule has 0 fully saturated rings. The van der Waals surface area contributed by atoms with E-state index < -0.39 is 0 Å². The second-order valence-electron chi connectivity index (χ2n) is 9.14. The number of aryl methyl sites for hydroxylation is 1. The van der Waals surface area contributed by atoms with Crippen LogP contribution >= 0.6 is 0 Å². The zero-order valence-electron chi connectivity index (χ0n) is 24.1. The fourth-order valence-corrected chi connectivity index (χ4v) is 3.50. The van der Waals surface area contributed by atoms with Gasteiger partial charge in [0, 0.05) is 26.2 Å². The van der Waals surface area contributed by atoms with E-state index in [9.17, 15) is 5.11 Å². The van der Waals surface area contributed by atoms with Crippen LogP contribution in [0, 0.1) is 0 Å². The summed E-state index contributed by atoms with van der Waals surface area (Å²) < 4.78 is 0. The molecule has 0 aromatic heterocycles. The maximum absolute atomic E-state index is 9.20. The minimum absolute atomic E-state index is 0.222. The van der Waals surface area contributed by atoms with Gasteiger partial charge in [-0.1, -0.05) is 104 Å². The van der Waals surface area contributed by atoms with E-state index in [-0.39, 0.29) is 6.73 Å². The van der Waals surface area contributed by atoms with Gasteiger partial charge in [-0.05, 0) is 43.4 Å². The Labute approximate surface area is 223 Å². The highest BCUT2D eigenvalue weighted by molar-refractivity contribution is 5.25. The Bertz CT molecular complexity index is 491. The number of unbranched alkanes of at least 4 members (excludes halogenated alkanes) is 11. The Hall–Kier alpha value is -1.47. The van der Waals surface area contributed by atoms with Crippen molar-refractivity contribution in [3.63, 3.8) is 0 Å². The molecule has 0 heterocycles. The standard InChI is InChI=1S/C18H30O.C9H21NO.C2H8N2.CH2O/c1-2-3-4-5-6-7-8-9-10-11-12-17-13-15-18(19)16-14-17;1-3-5-7-10(9-11)8-6-4-2;3-1-2-4;1-2/h13-16,19H,2-12H2,1H3;11H,3-9H2,1-2H3;1-4H2;1H2. The first-order valence-corrected chi connectivity index (χ1v) is 14.4. The lowest BCUT2D eigenvalue weighted by molar-refractivity contribution is -0.0980. The van der Waals surface area contributed by atoms with Crippen LogP contribution < -0.4 is 11.5 Å². The number of phenols is 1. The summed E-state index contributed by atoms with van der Waals surface area (Å²) >= 11 is 0. The van der Waals surface area contributed by atoms with Gasteiger partial charge in [0.05, 0.1) is 6.73 Å². The van der Waals surface area contributed by atoms with Gasteiger partial charge in [0.1, 0.15) is 12.5 Å². The van der Waals surface area contributed by atoms with E-state index in [1.165, 1.54) is 95.5 Å². The molecule has 0 amide bonds. The maximum atomic E-state index is 9.20. The first-order valence-electron chi connectivity index (χ1n) is 14.4. The molecular formula is C30H61N3O3. The molecule has 1 aromatic carbocycles. The third kappa shape index (κ3) is 32.5. The van der Waals surface area contributed by atoms with Crippen molar-refractivity contribution in [3.05, 3.63) is 29.8 Å². The van der Waals surface area contributed by atoms with Crippen molar-refractivity contribution < 1.29 is 15.0 Å². The van der Waals surface area contributed by atoms with Gasteiger partial charge in [-0.15, -0.1) is 0 Å². The van der Waals surface area contributed by atoms with Crippen LogP contribution in [0.15, 0.2) is 24.3 Å². The molecule has 0 saturated heterocycles. The third-order valence-electron chi connectivity index (χ3n) is 5.78. The monoisotopic (exact) mass is 511 g/mol. The molecule has 0 aliphatic heterocycles. The fraction of sp³-hybridized carbons (Fsp3) is 0.767. The molecular weight excluding hydrogens is 450 g/mol. The number of hydrogen-bond acceptors (Lipinski definition) is 6. The van der Waals surface area contributed by atoms with E-state index in [1.54, 1.807) is 12.1 Å². The highest BCUT2D eigenvalue weighted by atomic mass is 16.3. The quantitative estimate of drug-likeness (QED) is 0.126. The van der Waals surface area contributed by atoms with Crippen LogP contribution in [0.25, 0.3) is 0 Å². The van der Waals surface area contributed by atoms with Crippen molar-refractivity contribution in [2.24, 2.45) is 11.5 Å². The third-order valence-corrected chi connectivity index (χ3v) is 5.78. The number of aromatic hydroxyl groups is 1. The molecule has 0 bridgehead atoms. The highest BCUT2D eigenvalue weighted by Gasteiger charge is 1.99. The highest BCUT2D eigenvalue weighted by Crippen LogP contribution is 2.14. The number of aliphatic hydroxyl groups excluding tert-OH is 1. The van der Waals surface area contributed by atoms with E-state index in [2.05, 4.69) is 25.7 Å². The predicted molar refractivity (Wildman–Crippen MR) is 157 cm³/mol. The molecule has 0 aliphatic rings. The summed E-state index contributed by atoms with van der Waals surface area (Å²) in [5.74, 6) is 0.367. The minimum atomic E-state index is 0.222. The number of carbonyl (C=O) groups excluding carboxylic acids is 1. The van der Waals surface area contributed by atoms with Crippen LogP contribution in [0.2, 0.25) is 0 Å². The van der Waals surface area contributed by atoms with Crippen LogP contribution in [-0.2, 0) is 11.2 Å². The number of hydrogen-bond donors (Lipinski definition) is 4. The molecule has 1 aromatic rings.